The summed E-state index contributed by atoms with van der Waals surface area (Å²) in [6.45, 7) is 2.48. The molecule has 0 radical (unpaired) electrons. The van der Waals surface area contributed by atoms with Crippen LogP contribution in [-0.4, -0.2) is 56.5 Å². The fourth-order valence-electron chi connectivity index (χ4n) is 2.92. The Labute approximate surface area is 152 Å². The molecular formula is C17H25ClN4O3. The first-order chi connectivity index (χ1) is 12.0. The lowest BCUT2D eigenvalue weighted by Crippen LogP contribution is -2.46. The summed E-state index contributed by atoms with van der Waals surface area (Å²) >= 11 is 5.97. The molecule has 1 fully saturated rings. The zero-order valence-corrected chi connectivity index (χ0v) is 15.1. The highest BCUT2D eigenvalue weighted by Crippen LogP contribution is 2.27. The molecule has 4 N–H and O–H groups in total. The maximum absolute atomic E-state index is 12.3. The highest BCUT2D eigenvalue weighted by atomic mass is 35.5. The summed E-state index contributed by atoms with van der Waals surface area (Å²) in [6.07, 6.45) is 1.71. The molecule has 1 aromatic rings. The molecule has 1 atom stereocenters. The van der Waals surface area contributed by atoms with Gasteiger partial charge in [-0.2, -0.15) is 0 Å². The number of ether oxygens (including phenoxy) is 1. The van der Waals surface area contributed by atoms with Crippen LogP contribution in [0.3, 0.4) is 0 Å². The maximum atomic E-state index is 12.3. The molecular weight excluding hydrogens is 344 g/mol. The van der Waals surface area contributed by atoms with Crippen LogP contribution in [0.15, 0.2) is 18.2 Å². The molecule has 1 aliphatic rings. The molecule has 0 spiro atoms. The van der Waals surface area contributed by atoms with Crippen LogP contribution in [0.2, 0.25) is 5.02 Å². The van der Waals surface area contributed by atoms with Gasteiger partial charge in [0.25, 0.3) is 0 Å². The van der Waals surface area contributed by atoms with Crippen molar-refractivity contribution < 1.29 is 14.3 Å². The number of piperidine rings is 1. The van der Waals surface area contributed by atoms with E-state index >= 15 is 0 Å². The Kier molecular flexibility index (Phi) is 7.49. The zero-order valence-electron chi connectivity index (χ0n) is 14.4. The van der Waals surface area contributed by atoms with Crippen molar-refractivity contribution in [3.05, 3.63) is 23.2 Å². The van der Waals surface area contributed by atoms with Gasteiger partial charge in [-0.15, -0.1) is 0 Å². The molecule has 1 saturated heterocycles. The lowest BCUT2D eigenvalue weighted by Gasteiger charge is -2.31. The molecule has 1 heterocycles. The number of amides is 2. The van der Waals surface area contributed by atoms with Crippen LogP contribution in [0.25, 0.3) is 0 Å². The van der Waals surface area contributed by atoms with E-state index in [0.717, 1.165) is 19.4 Å². The van der Waals surface area contributed by atoms with Crippen LogP contribution >= 0.6 is 11.6 Å². The molecule has 0 saturated carbocycles. The number of nitrogens with two attached hydrogens (primary N) is 1. The van der Waals surface area contributed by atoms with E-state index < -0.39 is 0 Å². The van der Waals surface area contributed by atoms with Crippen molar-refractivity contribution in [2.24, 2.45) is 11.7 Å². The van der Waals surface area contributed by atoms with E-state index in [1.807, 2.05) is 4.90 Å². The Morgan fingerprint density at radius 2 is 2.24 bits per heavy atom. The third kappa shape index (κ3) is 5.88. The Morgan fingerprint density at radius 1 is 1.44 bits per heavy atom. The summed E-state index contributed by atoms with van der Waals surface area (Å²) < 4.78 is 5.23. The van der Waals surface area contributed by atoms with Crippen LogP contribution in [0.1, 0.15) is 12.8 Å². The first-order valence-corrected chi connectivity index (χ1v) is 8.74. The molecule has 8 heteroatoms. The fraction of sp³-hybridized carbons (Fsp3) is 0.529. The molecule has 0 aliphatic carbocycles. The smallest absolute Gasteiger partial charge is 0.238 e. The number of halogens is 1. The largest absolute Gasteiger partial charge is 0.495 e. The lowest BCUT2D eigenvalue weighted by atomic mass is 9.97. The number of carbonyl (C=O) groups excluding carboxylic acids is 2. The van der Waals surface area contributed by atoms with Gasteiger partial charge in [-0.1, -0.05) is 11.6 Å². The fourth-order valence-corrected chi connectivity index (χ4v) is 3.10. The van der Waals surface area contributed by atoms with E-state index in [2.05, 4.69) is 10.6 Å². The van der Waals surface area contributed by atoms with Gasteiger partial charge in [0.2, 0.25) is 11.8 Å². The molecule has 138 valence electrons. The number of rotatable bonds is 7. The lowest BCUT2D eigenvalue weighted by molar-refractivity contribution is -0.127. The number of nitrogens with one attached hydrogen (secondary N) is 2. The average molecular weight is 369 g/mol. The SMILES string of the molecule is COc1ccc(Cl)cc1NC(=O)CN1CCCC(C(=O)NCCN)C1. The number of likely N-dealkylation sites (tertiary alicyclic amines) is 1. The Balaban J connectivity index is 1.90. The van der Waals surface area contributed by atoms with E-state index in [4.69, 9.17) is 22.1 Å². The summed E-state index contributed by atoms with van der Waals surface area (Å²) in [6, 6.07) is 5.06. The summed E-state index contributed by atoms with van der Waals surface area (Å²) in [5, 5.41) is 6.15. The molecule has 1 aliphatic heterocycles. The van der Waals surface area contributed by atoms with Crippen molar-refractivity contribution in [1.82, 2.24) is 10.2 Å². The van der Waals surface area contributed by atoms with Gasteiger partial charge in [-0.3, -0.25) is 14.5 Å². The molecule has 1 unspecified atom stereocenters. The van der Waals surface area contributed by atoms with Crippen molar-refractivity contribution in [3.63, 3.8) is 0 Å². The number of anilines is 1. The maximum Gasteiger partial charge on any atom is 0.238 e. The third-order valence-corrected chi connectivity index (χ3v) is 4.36. The van der Waals surface area contributed by atoms with E-state index in [-0.39, 0.29) is 24.3 Å². The predicted octanol–water partition coefficient (Wildman–Crippen LogP) is 1.07. The number of hydrogen-bond donors (Lipinski definition) is 3. The Morgan fingerprint density at radius 3 is 2.96 bits per heavy atom. The minimum Gasteiger partial charge on any atom is -0.495 e. The molecule has 2 amide bonds. The van der Waals surface area contributed by atoms with Gasteiger partial charge in [0.15, 0.2) is 0 Å². The molecule has 25 heavy (non-hydrogen) atoms. The molecule has 0 bridgehead atoms. The van der Waals surface area contributed by atoms with Gasteiger partial charge in [0, 0.05) is 24.7 Å². The van der Waals surface area contributed by atoms with Crippen molar-refractivity contribution >= 4 is 29.1 Å². The van der Waals surface area contributed by atoms with Gasteiger partial charge in [-0.05, 0) is 37.6 Å². The molecule has 1 aromatic carbocycles. The van der Waals surface area contributed by atoms with E-state index in [1.54, 1.807) is 18.2 Å². The molecule has 7 nitrogen and oxygen atoms in total. The van der Waals surface area contributed by atoms with Crippen LogP contribution in [0.5, 0.6) is 5.75 Å². The number of methoxy groups -OCH3 is 1. The highest BCUT2D eigenvalue weighted by Gasteiger charge is 2.26. The minimum atomic E-state index is -0.163. The molecule has 2 rings (SSSR count). The Bertz CT molecular complexity index is 612. The second-order valence-electron chi connectivity index (χ2n) is 6.05. The normalized spacial score (nSPS) is 17.8. The topological polar surface area (TPSA) is 96.7 Å². The van der Waals surface area contributed by atoms with Gasteiger partial charge in [0.05, 0.1) is 25.3 Å². The first-order valence-electron chi connectivity index (χ1n) is 8.37. The number of hydrogen-bond acceptors (Lipinski definition) is 5. The van der Waals surface area contributed by atoms with E-state index in [0.29, 0.717) is 36.1 Å². The van der Waals surface area contributed by atoms with Crippen LogP contribution in [0.4, 0.5) is 5.69 Å². The number of carbonyl (C=O) groups is 2. The van der Waals surface area contributed by atoms with Crippen LogP contribution in [0, 0.1) is 5.92 Å². The first kappa shape index (κ1) is 19.5. The second-order valence-corrected chi connectivity index (χ2v) is 6.48. The van der Waals surface area contributed by atoms with E-state index in [1.165, 1.54) is 7.11 Å². The summed E-state index contributed by atoms with van der Waals surface area (Å²) in [5.41, 5.74) is 5.95. The monoisotopic (exact) mass is 368 g/mol. The van der Waals surface area contributed by atoms with Crippen molar-refractivity contribution in [1.29, 1.82) is 0 Å². The van der Waals surface area contributed by atoms with Crippen LogP contribution < -0.4 is 21.1 Å². The Hall–Kier alpha value is -1.83. The average Bonchev–Trinajstić information content (AvgIpc) is 2.60. The van der Waals surface area contributed by atoms with Gasteiger partial charge in [0.1, 0.15) is 5.75 Å². The standard InChI is InChI=1S/C17H25ClN4O3/c1-25-15-5-4-13(18)9-14(15)21-16(23)11-22-8-2-3-12(10-22)17(24)20-7-6-19/h4-5,9,12H,2-3,6-8,10-11,19H2,1H3,(H,20,24)(H,21,23). The second kappa shape index (κ2) is 9.60. The van der Waals surface area contributed by atoms with Crippen molar-refractivity contribution in [3.8, 4) is 5.75 Å². The summed E-state index contributed by atoms with van der Waals surface area (Å²) in [4.78, 5) is 26.4. The van der Waals surface area contributed by atoms with Crippen LogP contribution in [-0.2, 0) is 9.59 Å². The van der Waals surface area contributed by atoms with Gasteiger partial charge in [-0.25, -0.2) is 0 Å². The zero-order chi connectivity index (χ0) is 18.2. The number of benzene rings is 1. The number of nitrogens with zero attached hydrogens (tertiary/aromatic N) is 1. The van der Waals surface area contributed by atoms with E-state index in [9.17, 15) is 9.59 Å². The third-order valence-electron chi connectivity index (χ3n) is 4.12. The van der Waals surface area contributed by atoms with Gasteiger partial charge < -0.3 is 21.1 Å². The quantitative estimate of drug-likeness (QED) is 0.669. The van der Waals surface area contributed by atoms with Crippen molar-refractivity contribution in [2.45, 2.75) is 12.8 Å². The molecule has 0 aromatic heterocycles. The van der Waals surface area contributed by atoms with Crippen molar-refractivity contribution in [2.75, 3.05) is 45.2 Å². The predicted molar refractivity (Wildman–Crippen MR) is 97.9 cm³/mol. The minimum absolute atomic E-state index is 0.00654. The van der Waals surface area contributed by atoms with Gasteiger partial charge >= 0.3 is 0 Å². The highest BCUT2D eigenvalue weighted by molar-refractivity contribution is 6.31. The summed E-state index contributed by atoms with van der Waals surface area (Å²) in [5.74, 6) is 0.292. The summed E-state index contributed by atoms with van der Waals surface area (Å²) in [7, 11) is 1.54.